The van der Waals surface area contributed by atoms with Crippen LogP contribution in [0.2, 0.25) is 0 Å². The van der Waals surface area contributed by atoms with Crippen molar-refractivity contribution in [3.8, 4) is 11.6 Å². The minimum atomic E-state index is -0.558. The first kappa shape index (κ1) is 21.2. The third-order valence-electron chi connectivity index (χ3n) is 2.95. The summed E-state index contributed by atoms with van der Waals surface area (Å²) in [6.07, 6.45) is 2.49. The van der Waals surface area contributed by atoms with E-state index < -0.39 is 6.04 Å². The molecule has 3 N–H and O–H groups in total. The second-order valence-corrected chi connectivity index (χ2v) is 4.77. The van der Waals surface area contributed by atoms with Crippen LogP contribution in [0.5, 0.6) is 11.6 Å². The van der Waals surface area contributed by atoms with Gasteiger partial charge in [0.15, 0.2) is 0 Å². The highest BCUT2D eigenvalue weighted by molar-refractivity contribution is 5.94. The average molecular weight is 358 g/mol. The lowest BCUT2D eigenvalue weighted by atomic mass is 10.2. The van der Waals surface area contributed by atoms with Gasteiger partial charge in [-0.3, -0.25) is 4.79 Å². The Bertz CT molecular complexity index is 619. The number of aryl methyl sites for hydroxylation is 1. The van der Waals surface area contributed by atoms with Gasteiger partial charge in [0.1, 0.15) is 5.75 Å². The number of pyridine rings is 1. The average Bonchev–Trinajstić information content (AvgIpc) is 2.49. The van der Waals surface area contributed by atoms with Gasteiger partial charge in [-0.05, 0) is 37.1 Å². The maximum atomic E-state index is 11.5. The summed E-state index contributed by atoms with van der Waals surface area (Å²) in [5.74, 6) is 0.970. The number of benzene rings is 1. The standard InChI is InChI=1S/C16H19N3O2.2ClH/c1-3-12-5-4-6-14(9-12)21-15-8-7-13(10-18-15)19-16(20)11(2)17;;/h4-11H,3,17H2,1-2H3,(H,19,20);2*1H/t11-;;/m1../s1. The van der Waals surface area contributed by atoms with Crippen LogP contribution < -0.4 is 15.8 Å². The van der Waals surface area contributed by atoms with E-state index in [1.165, 1.54) is 5.56 Å². The molecule has 0 spiro atoms. The monoisotopic (exact) mass is 357 g/mol. The molecule has 23 heavy (non-hydrogen) atoms. The van der Waals surface area contributed by atoms with Gasteiger partial charge in [0.25, 0.3) is 0 Å². The molecule has 0 radical (unpaired) electrons. The normalized spacial score (nSPS) is 10.7. The van der Waals surface area contributed by atoms with Crippen LogP contribution in [-0.4, -0.2) is 16.9 Å². The van der Waals surface area contributed by atoms with Crippen LogP contribution in [0.25, 0.3) is 0 Å². The molecule has 1 aromatic heterocycles. The third kappa shape index (κ3) is 6.44. The predicted molar refractivity (Wildman–Crippen MR) is 96.9 cm³/mol. The maximum absolute atomic E-state index is 11.5. The number of nitrogens with two attached hydrogens (primary N) is 1. The van der Waals surface area contributed by atoms with Gasteiger partial charge in [-0.1, -0.05) is 19.1 Å². The molecule has 7 heteroatoms. The molecule has 2 aromatic rings. The number of ether oxygens (including phenoxy) is 1. The molecule has 1 heterocycles. The third-order valence-corrected chi connectivity index (χ3v) is 2.95. The van der Waals surface area contributed by atoms with E-state index in [0.29, 0.717) is 11.6 Å². The summed E-state index contributed by atoms with van der Waals surface area (Å²) < 4.78 is 5.68. The number of halogens is 2. The van der Waals surface area contributed by atoms with Gasteiger partial charge < -0.3 is 15.8 Å². The molecule has 2 rings (SSSR count). The molecule has 1 aromatic carbocycles. The van der Waals surface area contributed by atoms with Gasteiger partial charge in [0.2, 0.25) is 11.8 Å². The fraction of sp³-hybridized carbons (Fsp3) is 0.250. The zero-order chi connectivity index (χ0) is 15.2. The van der Waals surface area contributed by atoms with E-state index in [4.69, 9.17) is 10.5 Å². The number of rotatable bonds is 5. The Morgan fingerprint density at radius 1 is 1.30 bits per heavy atom. The summed E-state index contributed by atoms with van der Waals surface area (Å²) in [6.45, 7) is 3.72. The Morgan fingerprint density at radius 3 is 2.61 bits per heavy atom. The van der Waals surface area contributed by atoms with Crippen LogP contribution in [0.15, 0.2) is 42.6 Å². The molecule has 0 saturated heterocycles. The Kier molecular flexibility index (Phi) is 9.25. The van der Waals surface area contributed by atoms with Crippen molar-refractivity contribution in [1.82, 2.24) is 4.98 Å². The van der Waals surface area contributed by atoms with Gasteiger partial charge in [-0.15, -0.1) is 24.8 Å². The number of aromatic nitrogens is 1. The summed E-state index contributed by atoms with van der Waals surface area (Å²) in [7, 11) is 0. The number of amides is 1. The summed E-state index contributed by atoms with van der Waals surface area (Å²) in [6, 6.07) is 10.7. The molecule has 0 aliphatic heterocycles. The second kappa shape index (κ2) is 10.0. The molecule has 0 unspecified atom stereocenters. The van der Waals surface area contributed by atoms with Crippen LogP contribution in [0, 0.1) is 0 Å². The van der Waals surface area contributed by atoms with E-state index in [9.17, 15) is 4.79 Å². The van der Waals surface area contributed by atoms with Crippen molar-refractivity contribution in [3.63, 3.8) is 0 Å². The Morgan fingerprint density at radius 2 is 2.04 bits per heavy atom. The summed E-state index contributed by atoms with van der Waals surface area (Å²) in [4.78, 5) is 15.6. The molecule has 126 valence electrons. The van der Waals surface area contributed by atoms with Gasteiger partial charge in [-0.2, -0.15) is 0 Å². The molecule has 0 fully saturated rings. The fourth-order valence-electron chi connectivity index (χ4n) is 1.72. The number of anilines is 1. The van der Waals surface area contributed by atoms with E-state index in [1.807, 2.05) is 24.3 Å². The van der Waals surface area contributed by atoms with E-state index in [1.54, 1.807) is 25.3 Å². The molecule has 0 bridgehead atoms. The van der Waals surface area contributed by atoms with Crippen LogP contribution in [-0.2, 0) is 11.2 Å². The molecular formula is C16H21Cl2N3O2. The minimum absolute atomic E-state index is 0. The first-order valence-electron chi connectivity index (χ1n) is 6.87. The van der Waals surface area contributed by atoms with E-state index >= 15 is 0 Å². The maximum Gasteiger partial charge on any atom is 0.241 e. The first-order chi connectivity index (χ1) is 10.1. The van der Waals surface area contributed by atoms with Crippen LogP contribution in [0.1, 0.15) is 19.4 Å². The second-order valence-electron chi connectivity index (χ2n) is 4.77. The Balaban J connectivity index is 0.00000242. The van der Waals surface area contributed by atoms with E-state index in [0.717, 1.165) is 12.2 Å². The lowest BCUT2D eigenvalue weighted by molar-refractivity contribution is -0.117. The number of hydrogen-bond donors (Lipinski definition) is 2. The van der Waals surface area contributed by atoms with Gasteiger partial charge in [0.05, 0.1) is 17.9 Å². The Hall–Kier alpha value is -1.82. The lowest BCUT2D eigenvalue weighted by Crippen LogP contribution is -2.32. The number of carbonyl (C=O) groups is 1. The van der Waals surface area contributed by atoms with Crippen molar-refractivity contribution >= 4 is 36.4 Å². The smallest absolute Gasteiger partial charge is 0.241 e. The lowest BCUT2D eigenvalue weighted by Gasteiger charge is -2.09. The molecule has 5 nitrogen and oxygen atoms in total. The highest BCUT2D eigenvalue weighted by atomic mass is 35.5. The number of nitrogens with zero attached hydrogens (tertiary/aromatic N) is 1. The van der Waals surface area contributed by atoms with E-state index in [-0.39, 0.29) is 30.7 Å². The molecule has 0 saturated carbocycles. The molecule has 0 aliphatic carbocycles. The summed E-state index contributed by atoms with van der Waals surface area (Å²) in [5, 5.41) is 2.67. The van der Waals surface area contributed by atoms with Crippen molar-refractivity contribution in [2.45, 2.75) is 26.3 Å². The highest BCUT2D eigenvalue weighted by Gasteiger charge is 2.07. The zero-order valence-electron chi connectivity index (χ0n) is 13.0. The van der Waals surface area contributed by atoms with Crippen molar-refractivity contribution in [2.75, 3.05) is 5.32 Å². The molecule has 1 amide bonds. The van der Waals surface area contributed by atoms with Crippen molar-refractivity contribution < 1.29 is 9.53 Å². The summed E-state index contributed by atoms with van der Waals surface area (Å²) in [5.41, 5.74) is 7.28. The highest BCUT2D eigenvalue weighted by Crippen LogP contribution is 2.21. The molecular weight excluding hydrogens is 337 g/mol. The number of carbonyl (C=O) groups excluding carboxylic acids is 1. The predicted octanol–water partition coefficient (Wildman–Crippen LogP) is 3.57. The topological polar surface area (TPSA) is 77.2 Å². The largest absolute Gasteiger partial charge is 0.439 e. The number of hydrogen-bond acceptors (Lipinski definition) is 4. The number of nitrogens with one attached hydrogen (secondary N) is 1. The van der Waals surface area contributed by atoms with E-state index in [2.05, 4.69) is 17.2 Å². The SMILES string of the molecule is CCc1cccc(Oc2ccc(NC(=O)[C@@H](C)N)cn2)c1.Cl.Cl. The van der Waals surface area contributed by atoms with Crippen molar-refractivity contribution in [1.29, 1.82) is 0 Å². The zero-order valence-corrected chi connectivity index (χ0v) is 14.6. The Labute approximate surface area is 148 Å². The van der Waals surface area contributed by atoms with Crippen LogP contribution >= 0.6 is 24.8 Å². The van der Waals surface area contributed by atoms with Crippen LogP contribution in [0.3, 0.4) is 0 Å². The molecule has 1 atom stereocenters. The fourth-order valence-corrected chi connectivity index (χ4v) is 1.72. The minimum Gasteiger partial charge on any atom is -0.439 e. The van der Waals surface area contributed by atoms with Gasteiger partial charge in [-0.25, -0.2) is 4.98 Å². The van der Waals surface area contributed by atoms with Crippen LogP contribution in [0.4, 0.5) is 5.69 Å². The van der Waals surface area contributed by atoms with Gasteiger partial charge >= 0.3 is 0 Å². The van der Waals surface area contributed by atoms with Gasteiger partial charge in [0, 0.05) is 6.07 Å². The quantitative estimate of drug-likeness (QED) is 0.857. The molecule has 0 aliphatic rings. The first-order valence-corrected chi connectivity index (χ1v) is 6.87. The van der Waals surface area contributed by atoms with Crippen molar-refractivity contribution in [3.05, 3.63) is 48.2 Å². The summed E-state index contributed by atoms with van der Waals surface area (Å²) >= 11 is 0. The van der Waals surface area contributed by atoms with Crippen molar-refractivity contribution in [2.24, 2.45) is 5.73 Å².